The first kappa shape index (κ1) is 12.1. The molecule has 12 heavy (non-hydrogen) atoms. The Morgan fingerprint density at radius 1 is 1.33 bits per heavy atom. The summed E-state index contributed by atoms with van der Waals surface area (Å²) in [7, 11) is 0.939. The third kappa shape index (κ3) is 4.87. The fourth-order valence-corrected chi connectivity index (χ4v) is 1.62. The van der Waals surface area contributed by atoms with Gasteiger partial charge in [-0.05, 0) is 27.7 Å². The molecule has 0 aromatic carbocycles. The van der Waals surface area contributed by atoms with E-state index in [0.29, 0.717) is 18.7 Å². The summed E-state index contributed by atoms with van der Waals surface area (Å²) in [5.74, 6) is 0. The molecule has 0 rings (SSSR count). The maximum Gasteiger partial charge on any atom is 0.176 e. The Labute approximate surface area is 77.9 Å². The second-order valence-electron chi connectivity index (χ2n) is 3.23. The van der Waals surface area contributed by atoms with Crippen LogP contribution >= 0.6 is 8.96 Å². The Bertz CT molecular complexity index is 118. The van der Waals surface area contributed by atoms with Gasteiger partial charge in [-0.15, -0.1) is 6.58 Å². The molecule has 0 N–H and O–H groups in total. The van der Waals surface area contributed by atoms with Gasteiger partial charge in [0.25, 0.3) is 0 Å². The van der Waals surface area contributed by atoms with Crippen LogP contribution < -0.4 is 0 Å². The summed E-state index contributed by atoms with van der Waals surface area (Å²) in [6.45, 7) is 12.9. The van der Waals surface area contributed by atoms with E-state index >= 15 is 0 Å². The molecule has 2 nitrogen and oxygen atoms in total. The van der Waals surface area contributed by atoms with E-state index in [1.54, 1.807) is 6.08 Å². The maximum absolute atomic E-state index is 5.35. The molecule has 0 saturated heterocycles. The Morgan fingerprint density at radius 2 is 1.83 bits per heavy atom. The largest absolute Gasteiger partial charge is 0.333 e. The quantitative estimate of drug-likeness (QED) is 0.361. The topological polar surface area (TPSA) is 12.5 Å². The SMILES string of the molecule is C=CCO[P]N(C(C)C)C(C)C. The van der Waals surface area contributed by atoms with E-state index in [2.05, 4.69) is 38.9 Å². The summed E-state index contributed by atoms with van der Waals surface area (Å²) in [6.07, 6.45) is 1.77. The molecule has 0 fully saturated rings. The first-order chi connectivity index (χ1) is 5.59. The predicted molar refractivity (Wildman–Crippen MR) is 55.2 cm³/mol. The molecule has 0 aliphatic heterocycles. The van der Waals surface area contributed by atoms with E-state index in [1.807, 2.05) is 0 Å². The third-order valence-electron chi connectivity index (χ3n) is 1.40. The average molecular weight is 188 g/mol. The summed E-state index contributed by atoms with van der Waals surface area (Å²) < 4.78 is 7.62. The lowest BCUT2D eigenvalue weighted by atomic mass is 10.3. The molecule has 3 heteroatoms. The normalized spacial score (nSPS) is 12.6. The molecule has 0 amide bonds. The lowest BCUT2D eigenvalue weighted by Crippen LogP contribution is -2.29. The van der Waals surface area contributed by atoms with Crippen molar-refractivity contribution in [3.8, 4) is 0 Å². The van der Waals surface area contributed by atoms with Gasteiger partial charge >= 0.3 is 0 Å². The number of nitrogens with zero attached hydrogens (tertiary/aromatic N) is 1. The van der Waals surface area contributed by atoms with Crippen molar-refractivity contribution in [2.45, 2.75) is 39.8 Å². The second-order valence-corrected chi connectivity index (χ2v) is 4.12. The standard InChI is InChI=1S/C9H19NOP/c1-6-7-11-12-10(8(2)3)9(4)5/h6,8-9H,1,7H2,2-5H3. The van der Waals surface area contributed by atoms with Crippen LogP contribution in [0.15, 0.2) is 12.7 Å². The van der Waals surface area contributed by atoms with Crippen molar-refractivity contribution < 1.29 is 4.52 Å². The smallest absolute Gasteiger partial charge is 0.176 e. The van der Waals surface area contributed by atoms with Crippen molar-refractivity contribution in [3.05, 3.63) is 12.7 Å². The van der Waals surface area contributed by atoms with E-state index in [9.17, 15) is 0 Å². The van der Waals surface area contributed by atoms with Crippen LogP contribution in [0.25, 0.3) is 0 Å². The van der Waals surface area contributed by atoms with Gasteiger partial charge in [-0.25, -0.2) is 4.67 Å². The van der Waals surface area contributed by atoms with Crippen molar-refractivity contribution in [3.63, 3.8) is 0 Å². The van der Waals surface area contributed by atoms with Crippen molar-refractivity contribution in [1.82, 2.24) is 4.67 Å². The molecular weight excluding hydrogens is 169 g/mol. The van der Waals surface area contributed by atoms with Gasteiger partial charge in [-0.1, -0.05) is 6.08 Å². The highest BCUT2D eigenvalue weighted by molar-refractivity contribution is 7.29. The molecule has 0 aliphatic rings. The Morgan fingerprint density at radius 3 is 2.17 bits per heavy atom. The Kier molecular flexibility index (Phi) is 6.64. The molecule has 0 heterocycles. The van der Waals surface area contributed by atoms with Gasteiger partial charge in [0.2, 0.25) is 0 Å². The van der Waals surface area contributed by atoms with Crippen LogP contribution in [0.4, 0.5) is 0 Å². The minimum atomic E-state index is 0.525. The zero-order valence-corrected chi connectivity index (χ0v) is 9.34. The fraction of sp³-hybridized carbons (Fsp3) is 0.778. The molecule has 0 aliphatic carbocycles. The van der Waals surface area contributed by atoms with Crippen molar-refractivity contribution in [2.75, 3.05) is 6.61 Å². The molecule has 0 spiro atoms. The molecule has 71 valence electrons. The van der Waals surface area contributed by atoms with Crippen LogP contribution in [0.1, 0.15) is 27.7 Å². The summed E-state index contributed by atoms with van der Waals surface area (Å²) in [5.41, 5.74) is 0. The van der Waals surface area contributed by atoms with Crippen LogP contribution in [-0.2, 0) is 4.52 Å². The van der Waals surface area contributed by atoms with Crippen molar-refractivity contribution >= 4 is 8.96 Å². The highest BCUT2D eigenvalue weighted by Crippen LogP contribution is 2.25. The van der Waals surface area contributed by atoms with Crippen LogP contribution in [0.5, 0.6) is 0 Å². The van der Waals surface area contributed by atoms with Gasteiger partial charge < -0.3 is 4.52 Å². The maximum atomic E-state index is 5.35. The van der Waals surface area contributed by atoms with Crippen LogP contribution in [0.3, 0.4) is 0 Å². The minimum absolute atomic E-state index is 0.525. The zero-order chi connectivity index (χ0) is 9.56. The van der Waals surface area contributed by atoms with E-state index < -0.39 is 0 Å². The predicted octanol–water partition coefficient (Wildman–Crippen LogP) is 3.08. The van der Waals surface area contributed by atoms with E-state index in [-0.39, 0.29) is 0 Å². The van der Waals surface area contributed by atoms with Gasteiger partial charge in [0.05, 0.1) is 6.61 Å². The summed E-state index contributed by atoms with van der Waals surface area (Å²) >= 11 is 0. The van der Waals surface area contributed by atoms with E-state index in [0.717, 1.165) is 8.96 Å². The lowest BCUT2D eigenvalue weighted by molar-refractivity contribution is 0.281. The number of hydrogen-bond donors (Lipinski definition) is 0. The van der Waals surface area contributed by atoms with Gasteiger partial charge in [0.1, 0.15) is 0 Å². The average Bonchev–Trinajstić information content (AvgIpc) is 1.96. The number of rotatable bonds is 6. The molecule has 0 aromatic heterocycles. The van der Waals surface area contributed by atoms with Crippen LogP contribution in [0, 0.1) is 0 Å². The third-order valence-corrected chi connectivity index (χ3v) is 2.78. The fourth-order valence-electron chi connectivity index (χ4n) is 0.938. The monoisotopic (exact) mass is 188 g/mol. The molecular formula is C9H19NOP. The highest BCUT2D eigenvalue weighted by Gasteiger charge is 2.13. The van der Waals surface area contributed by atoms with E-state index in [4.69, 9.17) is 4.52 Å². The van der Waals surface area contributed by atoms with Gasteiger partial charge in [0.15, 0.2) is 8.96 Å². The van der Waals surface area contributed by atoms with Crippen LogP contribution in [0.2, 0.25) is 0 Å². The second kappa shape index (κ2) is 6.59. The van der Waals surface area contributed by atoms with Crippen LogP contribution in [-0.4, -0.2) is 23.4 Å². The van der Waals surface area contributed by atoms with Gasteiger partial charge in [0, 0.05) is 12.1 Å². The molecule has 1 radical (unpaired) electrons. The summed E-state index contributed by atoms with van der Waals surface area (Å²) in [6, 6.07) is 1.05. The number of hydrogen-bond acceptors (Lipinski definition) is 2. The summed E-state index contributed by atoms with van der Waals surface area (Å²) in [5, 5.41) is 0. The summed E-state index contributed by atoms with van der Waals surface area (Å²) in [4.78, 5) is 0. The molecule has 0 unspecified atom stereocenters. The molecule has 0 aromatic rings. The zero-order valence-electron chi connectivity index (χ0n) is 8.45. The molecule has 0 bridgehead atoms. The van der Waals surface area contributed by atoms with E-state index in [1.165, 1.54) is 0 Å². The minimum Gasteiger partial charge on any atom is -0.333 e. The first-order valence-corrected chi connectivity index (χ1v) is 5.08. The molecule has 0 saturated carbocycles. The van der Waals surface area contributed by atoms with Crippen molar-refractivity contribution in [1.29, 1.82) is 0 Å². The first-order valence-electron chi connectivity index (χ1n) is 4.31. The highest BCUT2D eigenvalue weighted by atomic mass is 31.1. The van der Waals surface area contributed by atoms with Gasteiger partial charge in [-0.2, -0.15) is 0 Å². The van der Waals surface area contributed by atoms with Gasteiger partial charge in [-0.3, -0.25) is 0 Å². The Balaban J connectivity index is 3.71. The lowest BCUT2D eigenvalue weighted by Gasteiger charge is -2.27. The molecule has 0 atom stereocenters. The Hall–Kier alpha value is 0.0900. The van der Waals surface area contributed by atoms with Crippen molar-refractivity contribution in [2.24, 2.45) is 0 Å².